The molecule has 3 aromatic carbocycles. The van der Waals surface area contributed by atoms with Crippen LogP contribution in [0.15, 0.2) is 71.6 Å². The number of ether oxygens (including phenoxy) is 2. The van der Waals surface area contributed by atoms with Crippen LogP contribution in [0.4, 0.5) is 0 Å². The number of hydrogen-bond donors (Lipinski definition) is 2. The highest BCUT2D eigenvalue weighted by Gasteiger charge is 2.21. The van der Waals surface area contributed by atoms with E-state index in [-0.39, 0.29) is 16.4 Å². The summed E-state index contributed by atoms with van der Waals surface area (Å²) in [6, 6.07) is 18.4. The molecular formula is C23H25NO6S. The molecule has 164 valence electrons. The summed E-state index contributed by atoms with van der Waals surface area (Å²) in [5, 5.41) is 13.0. The number of phenolic OH excluding ortho intramolecular Hbond substituents is 1. The summed E-state index contributed by atoms with van der Waals surface area (Å²) in [5.41, 5.74) is 1.65. The highest BCUT2D eigenvalue weighted by atomic mass is 32.2. The van der Waals surface area contributed by atoms with E-state index >= 15 is 0 Å². The Labute approximate surface area is 182 Å². The first-order valence-electron chi connectivity index (χ1n) is 9.66. The van der Waals surface area contributed by atoms with Crippen molar-refractivity contribution in [3.8, 4) is 23.0 Å². The molecule has 0 atom stereocenters. The number of benzene rings is 3. The van der Waals surface area contributed by atoms with Gasteiger partial charge in [0.25, 0.3) is 0 Å². The fourth-order valence-electron chi connectivity index (χ4n) is 3.03. The Balaban J connectivity index is 1.70. The molecule has 0 heterocycles. The summed E-state index contributed by atoms with van der Waals surface area (Å²) in [6.45, 7) is 1.00. The molecule has 0 aromatic heterocycles. The van der Waals surface area contributed by atoms with Gasteiger partial charge >= 0.3 is 10.1 Å². The highest BCUT2D eigenvalue weighted by molar-refractivity contribution is 7.87. The summed E-state index contributed by atoms with van der Waals surface area (Å²) >= 11 is 0. The van der Waals surface area contributed by atoms with E-state index in [2.05, 4.69) is 5.32 Å². The first kappa shape index (κ1) is 22.5. The maximum Gasteiger partial charge on any atom is 0.339 e. The average molecular weight is 444 g/mol. The monoisotopic (exact) mass is 443 g/mol. The minimum absolute atomic E-state index is 0.0705. The molecule has 8 heteroatoms. The van der Waals surface area contributed by atoms with Crippen molar-refractivity contribution in [2.24, 2.45) is 0 Å². The van der Waals surface area contributed by atoms with Gasteiger partial charge in [-0.15, -0.1) is 0 Å². The van der Waals surface area contributed by atoms with Gasteiger partial charge in [0.1, 0.15) is 4.90 Å². The van der Waals surface area contributed by atoms with E-state index in [0.29, 0.717) is 36.6 Å². The van der Waals surface area contributed by atoms with Gasteiger partial charge in [-0.05, 0) is 48.9 Å². The second-order valence-electron chi connectivity index (χ2n) is 6.73. The van der Waals surface area contributed by atoms with Crippen molar-refractivity contribution in [1.82, 2.24) is 5.32 Å². The summed E-state index contributed by atoms with van der Waals surface area (Å²) < 4.78 is 41.3. The standard InChI is InChI=1S/C23H25NO6S/c1-28-21-10-6-7-18(23(21)30-31(26,27)19-8-4-3-5-9-19)16-24-14-13-17-11-12-20(25)22(15-17)29-2/h3-12,15,24-25H,13-14,16H2,1-2H3. The summed E-state index contributed by atoms with van der Waals surface area (Å²) in [4.78, 5) is 0.0705. The molecule has 0 saturated carbocycles. The van der Waals surface area contributed by atoms with Gasteiger partial charge in [0, 0.05) is 12.1 Å². The van der Waals surface area contributed by atoms with Gasteiger partial charge in [-0.1, -0.05) is 36.4 Å². The molecule has 2 N–H and O–H groups in total. The predicted molar refractivity (Wildman–Crippen MR) is 117 cm³/mol. The van der Waals surface area contributed by atoms with E-state index in [1.807, 2.05) is 6.07 Å². The van der Waals surface area contributed by atoms with Crippen LogP contribution in [0.1, 0.15) is 11.1 Å². The van der Waals surface area contributed by atoms with Gasteiger partial charge in [-0.2, -0.15) is 8.42 Å². The fourth-order valence-corrected chi connectivity index (χ4v) is 4.03. The second-order valence-corrected chi connectivity index (χ2v) is 8.28. The van der Waals surface area contributed by atoms with Crippen LogP contribution in [-0.2, 0) is 23.1 Å². The van der Waals surface area contributed by atoms with Gasteiger partial charge in [-0.3, -0.25) is 0 Å². The van der Waals surface area contributed by atoms with Crippen LogP contribution in [0.25, 0.3) is 0 Å². The number of phenols is 1. The molecule has 0 aliphatic carbocycles. The molecular weight excluding hydrogens is 418 g/mol. The van der Waals surface area contributed by atoms with Gasteiger partial charge in [0.2, 0.25) is 0 Å². The topological polar surface area (TPSA) is 94.1 Å². The predicted octanol–water partition coefficient (Wildman–Crippen LogP) is 3.51. The van der Waals surface area contributed by atoms with Crippen LogP contribution in [0.5, 0.6) is 23.0 Å². The van der Waals surface area contributed by atoms with Crippen LogP contribution in [0.2, 0.25) is 0 Å². The molecule has 0 unspecified atom stereocenters. The molecule has 0 fully saturated rings. The van der Waals surface area contributed by atoms with E-state index in [0.717, 1.165) is 5.56 Å². The van der Waals surface area contributed by atoms with Crippen molar-refractivity contribution in [1.29, 1.82) is 0 Å². The van der Waals surface area contributed by atoms with E-state index < -0.39 is 10.1 Å². The Morgan fingerprint density at radius 1 is 0.903 bits per heavy atom. The zero-order chi connectivity index (χ0) is 22.3. The molecule has 0 radical (unpaired) electrons. The van der Waals surface area contributed by atoms with Crippen LogP contribution in [0, 0.1) is 0 Å². The average Bonchev–Trinajstić information content (AvgIpc) is 2.79. The molecule has 0 amide bonds. The van der Waals surface area contributed by atoms with Crippen molar-refractivity contribution >= 4 is 10.1 Å². The maximum absolute atomic E-state index is 12.7. The Hall–Kier alpha value is -3.23. The van der Waals surface area contributed by atoms with Crippen LogP contribution < -0.4 is 19.0 Å². The third-order valence-electron chi connectivity index (χ3n) is 4.66. The lowest BCUT2D eigenvalue weighted by Crippen LogP contribution is -2.18. The Bertz CT molecular complexity index is 1120. The van der Waals surface area contributed by atoms with Crippen LogP contribution in [-0.4, -0.2) is 34.3 Å². The zero-order valence-corrected chi connectivity index (χ0v) is 18.2. The largest absolute Gasteiger partial charge is 0.504 e. The third kappa shape index (κ3) is 5.68. The second kappa shape index (κ2) is 10.2. The highest BCUT2D eigenvalue weighted by Crippen LogP contribution is 2.33. The smallest absolute Gasteiger partial charge is 0.339 e. The minimum atomic E-state index is -4.00. The number of para-hydroxylation sites is 1. The Morgan fingerprint density at radius 3 is 2.35 bits per heavy atom. The lowest BCUT2D eigenvalue weighted by molar-refractivity contribution is 0.373. The van der Waals surface area contributed by atoms with Crippen molar-refractivity contribution < 1.29 is 27.2 Å². The summed E-state index contributed by atoms with van der Waals surface area (Å²) in [5.74, 6) is 1.01. The van der Waals surface area contributed by atoms with Gasteiger partial charge in [0.05, 0.1) is 14.2 Å². The molecule has 0 saturated heterocycles. The van der Waals surface area contributed by atoms with Crippen LogP contribution in [0.3, 0.4) is 0 Å². The van der Waals surface area contributed by atoms with E-state index in [9.17, 15) is 13.5 Å². The van der Waals surface area contributed by atoms with E-state index in [1.165, 1.54) is 26.4 Å². The van der Waals surface area contributed by atoms with Crippen molar-refractivity contribution in [3.63, 3.8) is 0 Å². The Kier molecular flexibility index (Phi) is 7.38. The lowest BCUT2D eigenvalue weighted by atomic mass is 10.1. The zero-order valence-electron chi connectivity index (χ0n) is 17.4. The number of rotatable bonds is 10. The Morgan fingerprint density at radius 2 is 1.65 bits per heavy atom. The molecule has 0 spiro atoms. The fraction of sp³-hybridized carbons (Fsp3) is 0.217. The number of methoxy groups -OCH3 is 2. The SMILES string of the molecule is COc1cc(CCNCc2cccc(OC)c2OS(=O)(=O)c2ccccc2)ccc1O. The first-order chi connectivity index (χ1) is 14.9. The lowest BCUT2D eigenvalue weighted by Gasteiger charge is -2.15. The molecule has 7 nitrogen and oxygen atoms in total. The van der Waals surface area contributed by atoms with Crippen molar-refractivity contribution in [2.45, 2.75) is 17.9 Å². The minimum Gasteiger partial charge on any atom is -0.504 e. The van der Waals surface area contributed by atoms with Gasteiger partial charge < -0.3 is 24.1 Å². The van der Waals surface area contributed by atoms with Crippen molar-refractivity contribution in [3.05, 3.63) is 77.9 Å². The molecule has 0 aliphatic heterocycles. The van der Waals surface area contributed by atoms with E-state index in [1.54, 1.807) is 48.5 Å². The first-order valence-corrected chi connectivity index (χ1v) is 11.1. The quantitative estimate of drug-likeness (QED) is 0.366. The molecule has 0 bridgehead atoms. The number of nitrogens with one attached hydrogen (secondary N) is 1. The maximum atomic E-state index is 12.7. The molecule has 31 heavy (non-hydrogen) atoms. The van der Waals surface area contributed by atoms with Gasteiger partial charge in [0.15, 0.2) is 23.0 Å². The van der Waals surface area contributed by atoms with Crippen molar-refractivity contribution in [2.75, 3.05) is 20.8 Å². The number of hydrogen-bond acceptors (Lipinski definition) is 7. The number of aromatic hydroxyl groups is 1. The summed E-state index contributed by atoms with van der Waals surface area (Å²) in [7, 11) is -1.03. The van der Waals surface area contributed by atoms with E-state index in [4.69, 9.17) is 13.7 Å². The normalized spacial score (nSPS) is 11.2. The summed E-state index contributed by atoms with van der Waals surface area (Å²) in [6.07, 6.45) is 0.694. The third-order valence-corrected chi connectivity index (χ3v) is 5.89. The molecule has 3 rings (SSSR count). The molecule has 3 aromatic rings. The van der Waals surface area contributed by atoms with Crippen LogP contribution >= 0.6 is 0 Å². The van der Waals surface area contributed by atoms with Gasteiger partial charge in [-0.25, -0.2) is 0 Å². The molecule has 0 aliphatic rings.